The topological polar surface area (TPSA) is 38.8 Å². The van der Waals surface area contributed by atoms with Gasteiger partial charge in [-0.25, -0.2) is 0 Å². The van der Waals surface area contributed by atoms with Crippen molar-refractivity contribution in [1.29, 1.82) is 0 Å². The maximum Gasteiger partial charge on any atom is 0.222 e. The molecule has 1 aliphatic heterocycles. The number of hydrogen-bond donors (Lipinski definition) is 0. The van der Waals surface area contributed by atoms with Gasteiger partial charge in [0.1, 0.15) is 5.75 Å². The van der Waals surface area contributed by atoms with Crippen molar-refractivity contribution in [2.75, 3.05) is 19.7 Å². The average molecular weight is 346 g/mol. The molecule has 0 bridgehead atoms. The Kier molecular flexibility index (Phi) is 6.36. The molecule has 1 aliphatic rings. The molecule has 4 nitrogen and oxygen atoms in total. The number of nitrogens with zero attached hydrogens (tertiary/aromatic N) is 1. The van der Waals surface area contributed by atoms with Crippen LogP contribution >= 0.6 is 23.2 Å². The third kappa shape index (κ3) is 5.04. The highest BCUT2D eigenvalue weighted by Crippen LogP contribution is 2.27. The second-order valence-corrected chi connectivity index (χ2v) is 6.43. The highest BCUT2D eigenvalue weighted by molar-refractivity contribution is 6.35. The molecule has 1 heterocycles. The van der Waals surface area contributed by atoms with Gasteiger partial charge in [-0.1, -0.05) is 23.2 Å². The fourth-order valence-electron chi connectivity index (χ4n) is 2.54. The van der Waals surface area contributed by atoms with Gasteiger partial charge < -0.3 is 14.4 Å². The Bertz CT molecular complexity index is 514. The van der Waals surface area contributed by atoms with Gasteiger partial charge in [-0.3, -0.25) is 4.79 Å². The van der Waals surface area contributed by atoms with E-state index in [0.717, 1.165) is 0 Å². The fraction of sp³-hybridized carbons (Fsp3) is 0.562. The Morgan fingerprint density at radius 1 is 1.32 bits per heavy atom. The first-order valence-corrected chi connectivity index (χ1v) is 8.22. The Morgan fingerprint density at radius 3 is 2.64 bits per heavy atom. The smallest absolute Gasteiger partial charge is 0.222 e. The molecule has 1 aromatic rings. The van der Waals surface area contributed by atoms with Crippen LogP contribution in [0.5, 0.6) is 5.75 Å². The van der Waals surface area contributed by atoms with Crippen molar-refractivity contribution < 1.29 is 14.3 Å². The molecule has 1 amide bonds. The predicted molar refractivity (Wildman–Crippen MR) is 87.8 cm³/mol. The zero-order valence-electron chi connectivity index (χ0n) is 12.9. The van der Waals surface area contributed by atoms with Crippen molar-refractivity contribution in [1.82, 2.24) is 4.90 Å². The van der Waals surface area contributed by atoms with Gasteiger partial charge in [-0.05, 0) is 38.5 Å². The third-order valence-electron chi connectivity index (χ3n) is 3.46. The summed E-state index contributed by atoms with van der Waals surface area (Å²) in [5, 5.41) is 1.05. The van der Waals surface area contributed by atoms with Crippen molar-refractivity contribution in [2.45, 2.75) is 38.9 Å². The molecule has 6 heteroatoms. The molecule has 1 aromatic carbocycles. The van der Waals surface area contributed by atoms with E-state index in [1.807, 2.05) is 18.7 Å². The number of rotatable bonds is 5. The van der Waals surface area contributed by atoms with Crippen molar-refractivity contribution in [3.05, 3.63) is 28.2 Å². The third-order valence-corrected chi connectivity index (χ3v) is 3.99. The molecule has 0 aliphatic carbocycles. The summed E-state index contributed by atoms with van der Waals surface area (Å²) in [7, 11) is 0. The van der Waals surface area contributed by atoms with Crippen molar-refractivity contribution in [2.24, 2.45) is 0 Å². The van der Waals surface area contributed by atoms with Crippen LogP contribution < -0.4 is 4.74 Å². The SMILES string of the molecule is C[C@@H]1CN(C(=O)CCCOc2ccc(Cl)cc2Cl)C[C@@H](C)O1. The number of ether oxygens (including phenoxy) is 2. The molecule has 2 rings (SSSR count). The van der Waals surface area contributed by atoms with E-state index in [-0.39, 0.29) is 18.1 Å². The first kappa shape index (κ1) is 17.4. The van der Waals surface area contributed by atoms with Crippen LogP contribution in [0.3, 0.4) is 0 Å². The van der Waals surface area contributed by atoms with Crippen molar-refractivity contribution in [3.63, 3.8) is 0 Å². The van der Waals surface area contributed by atoms with E-state index in [9.17, 15) is 4.79 Å². The van der Waals surface area contributed by atoms with E-state index in [1.165, 1.54) is 0 Å². The number of benzene rings is 1. The lowest BCUT2D eigenvalue weighted by atomic mass is 10.2. The lowest BCUT2D eigenvalue weighted by molar-refractivity contribution is -0.143. The maximum absolute atomic E-state index is 12.2. The zero-order valence-corrected chi connectivity index (χ0v) is 14.4. The van der Waals surface area contributed by atoms with Crippen LogP contribution in [-0.2, 0) is 9.53 Å². The monoisotopic (exact) mass is 345 g/mol. The van der Waals surface area contributed by atoms with Crippen LogP contribution in [0.1, 0.15) is 26.7 Å². The van der Waals surface area contributed by atoms with Gasteiger partial charge in [-0.2, -0.15) is 0 Å². The van der Waals surface area contributed by atoms with Crippen LogP contribution in [0.4, 0.5) is 0 Å². The molecule has 122 valence electrons. The van der Waals surface area contributed by atoms with E-state index in [1.54, 1.807) is 18.2 Å². The summed E-state index contributed by atoms with van der Waals surface area (Å²) >= 11 is 11.9. The van der Waals surface area contributed by atoms with Gasteiger partial charge in [0.05, 0.1) is 23.8 Å². The Balaban J connectivity index is 1.73. The summed E-state index contributed by atoms with van der Waals surface area (Å²) < 4.78 is 11.2. The minimum absolute atomic E-state index is 0.0943. The molecule has 2 atom stereocenters. The van der Waals surface area contributed by atoms with E-state index in [2.05, 4.69) is 0 Å². The summed E-state index contributed by atoms with van der Waals surface area (Å²) in [4.78, 5) is 14.1. The Morgan fingerprint density at radius 2 is 2.00 bits per heavy atom. The van der Waals surface area contributed by atoms with Crippen LogP contribution in [0.15, 0.2) is 18.2 Å². The van der Waals surface area contributed by atoms with E-state index < -0.39 is 0 Å². The van der Waals surface area contributed by atoms with Gasteiger partial charge in [0, 0.05) is 24.5 Å². The molecule has 0 aromatic heterocycles. The lowest BCUT2D eigenvalue weighted by Gasteiger charge is -2.35. The first-order chi connectivity index (χ1) is 10.5. The number of morpholine rings is 1. The molecule has 1 saturated heterocycles. The normalized spacial score (nSPS) is 21.7. The van der Waals surface area contributed by atoms with Gasteiger partial charge in [-0.15, -0.1) is 0 Å². The van der Waals surface area contributed by atoms with Gasteiger partial charge in [0.2, 0.25) is 5.91 Å². The van der Waals surface area contributed by atoms with Gasteiger partial charge in [0.15, 0.2) is 0 Å². The molecule has 0 radical (unpaired) electrons. The predicted octanol–water partition coefficient (Wildman–Crippen LogP) is 3.79. The largest absolute Gasteiger partial charge is 0.492 e. The van der Waals surface area contributed by atoms with Gasteiger partial charge >= 0.3 is 0 Å². The minimum atomic E-state index is 0.0943. The molecular weight excluding hydrogens is 325 g/mol. The molecule has 0 N–H and O–H groups in total. The summed E-state index contributed by atoms with van der Waals surface area (Å²) in [6.45, 7) is 5.74. The average Bonchev–Trinajstić information content (AvgIpc) is 2.44. The second kappa shape index (κ2) is 8.04. The highest BCUT2D eigenvalue weighted by Gasteiger charge is 2.25. The molecule has 0 spiro atoms. The minimum Gasteiger partial charge on any atom is -0.492 e. The standard InChI is InChI=1S/C16H21Cl2NO3/c1-11-9-19(10-12(2)22-11)16(20)4-3-7-21-15-6-5-13(17)8-14(15)18/h5-6,8,11-12H,3-4,7,9-10H2,1-2H3/t11-,12-/m1/s1. The first-order valence-electron chi connectivity index (χ1n) is 7.47. The van der Waals surface area contributed by atoms with Gasteiger partial charge in [0.25, 0.3) is 0 Å². The van der Waals surface area contributed by atoms with E-state index >= 15 is 0 Å². The Hall–Kier alpha value is -0.970. The van der Waals surface area contributed by atoms with Crippen LogP contribution in [0, 0.1) is 0 Å². The lowest BCUT2D eigenvalue weighted by Crippen LogP contribution is -2.48. The summed E-state index contributed by atoms with van der Waals surface area (Å²) in [6.07, 6.45) is 1.30. The zero-order chi connectivity index (χ0) is 16.1. The quantitative estimate of drug-likeness (QED) is 0.762. The summed E-state index contributed by atoms with van der Waals surface area (Å²) in [5.41, 5.74) is 0. The van der Waals surface area contributed by atoms with Crippen LogP contribution in [-0.4, -0.2) is 42.7 Å². The summed E-state index contributed by atoms with van der Waals surface area (Å²) in [6, 6.07) is 5.10. The molecular formula is C16H21Cl2NO3. The highest BCUT2D eigenvalue weighted by atomic mass is 35.5. The Labute approximate surface area is 141 Å². The van der Waals surface area contributed by atoms with E-state index in [0.29, 0.717) is 48.3 Å². The van der Waals surface area contributed by atoms with Crippen LogP contribution in [0.25, 0.3) is 0 Å². The molecule has 1 fully saturated rings. The molecule has 0 unspecified atom stereocenters. The van der Waals surface area contributed by atoms with E-state index in [4.69, 9.17) is 32.7 Å². The maximum atomic E-state index is 12.2. The number of carbonyl (C=O) groups excluding carboxylic acids is 1. The number of carbonyl (C=O) groups is 1. The van der Waals surface area contributed by atoms with Crippen LogP contribution in [0.2, 0.25) is 10.0 Å². The van der Waals surface area contributed by atoms with Crippen molar-refractivity contribution >= 4 is 29.1 Å². The second-order valence-electron chi connectivity index (χ2n) is 5.58. The number of halogens is 2. The number of hydrogen-bond acceptors (Lipinski definition) is 3. The summed E-state index contributed by atoms with van der Waals surface area (Å²) in [5.74, 6) is 0.736. The molecule has 22 heavy (non-hydrogen) atoms. The number of amides is 1. The van der Waals surface area contributed by atoms with Crippen molar-refractivity contribution in [3.8, 4) is 5.75 Å². The molecule has 0 saturated carbocycles. The fourth-order valence-corrected chi connectivity index (χ4v) is 3.00.